The van der Waals surface area contributed by atoms with Gasteiger partial charge >= 0.3 is 0 Å². The molecule has 2 aromatic heterocycles. The van der Waals surface area contributed by atoms with Gasteiger partial charge in [0.05, 0.1) is 24.3 Å². The minimum Gasteiger partial charge on any atom is -0.383 e. The number of piperidine rings is 1. The second-order valence-electron chi connectivity index (χ2n) is 7.38. The van der Waals surface area contributed by atoms with E-state index in [1.807, 2.05) is 34.5 Å². The summed E-state index contributed by atoms with van der Waals surface area (Å²) in [5, 5.41) is 3.62. The van der Waals surface area contributed by atoms with Gasteiger partial charge in [0.1, 0.15) is 4.83 Å². The Morgan fingerprint density at radius 2 is 2.00 bits per heavy atom. The smallest absolute Gasteiger partial charge is 0.263 e. The zero-order valence-corrected chi connectivity index (χ0v) is 19.7. The van der Waals surface area contributed by atoms with Crippen molar-refractivity contribution >= 4 is 50.8 Å². The molecule has 1 saturated heterocycles. The number of aromatic nitrogens is 2. The van der Waals surface area contributed by atoms with Crippen LogP contribution in [0.2, 0.25) is 5.02 Å². The summed E-state index contributed by atoms with van der Waals surface area (Å²) < 4.78 is 6.83. The predicted molar refractivity (Wildman–Crippen MR) is 127 cm³/mol. The van der Waals surface area contributed by atoms with Crippen LogP contribution in [-0.2, 0) is 16.1 Å². The van der Waals surface area contributed by atoms with Crippen LogP contribution < -0.4 is 5.56 Å². The van der Waals surface area contributed by atoms with Crippen LogP contribution in [0.5, 0.6) is 0 Å². The fourth-order valence-corrected chi connectivity index (χ4v) is 5.88. The highest BCUT2D eigenvalue weighted by atomic mass is 35.5. The lowest BCUT2D eigenvalue weighted by molar-refractivity contribution is -0.129. The number of halogens is 1. The van der Waals surface area contributed by atoms with E-state index >= 15 is 0 Å². The van der Waals surface area contributed by atoms with Gasteiger partial charge in [-0.1, -0.05) is 41.6 Å². The van der Waals surface area contributed by atoms with Gasteiger partial charge in [0, 0.05) is 41.7 Å². The molecule has 0 radical (unpaired) electrons. The molecule has 164 valence electrons. The molecule has 0 N–H and O–H groups in total. The predicted octanol–water partition coefficient (Wildman–Crippen LogP) is 4.53. The first-order valence-electron chi connectivity index (χ1n) is 10.3. The monoisotopic (exact) mass is 477 g/mol. The van der Waals surface area contributed by atoms with E-state index in [0.29, 0.717) is 33.5 Å². The number of hydrogen-bond acceptors (Lipinski definition) is 6. The van der Waals surface area contributed by atoms with Gasteiger partial charge in [0.2, 0.25) is 5.91 Å². The highest BCUT2D eigenvalue weighted by Gasteiger charge is 2.21. The molecule has 1 fully saturated rings. The van der Waals surface area contributed by atoms with Gasteiger partial charge in [-0.15, -0.1) is 11.3 Å². The minimum atomic E-state index is -0.133. The van der Waals surface area contributed by atoms with Crippen molar-refractivity contribution in [1.29, 1.82) is 0 Å². The molecular weight excluding hydrogens is 454 g/mol. The summed E-state index contributed by atoms with van der Waals surface area (Å²) in [4.78, 5) is 33.4. The van der Waals surface area contributed by atoms with E-state index < -0.39 is 0 Å². The van der Waals surface area contributed by atoms with Crippen molar-refractivity contribution in [3.8, 4) is 11.1 Å². The maximum atomic E-state index is 13.5. The number of fused-ring (bicyclic) bond motifs is 1. The third kappa shape index (κ3) is 4.82. The number of nitrogens with zero attached hydrogens (tertiary/aromatic N) is 3. The summed E-state index contributed by atoms with van der Waals surface area (Å²) in [6.45, 7) is 2.38. The lowest BCUT2D eigenvalue weighted by Crippen LogP contribution is -2.37. The first kappa shape index (κ1) is 22.3. The Morgan fingerprint density at radius 1 is 1.23 bits per heavy atom. The van der Waals surface area contributed by atoms with Crippen molar-refractivity contribution in [2.24, 2.45) is 0 Å². The molecule has 0 bridgehead atoms. The second kappa shape index (κ2) is 10.2. The van der Waals surface area contributed by atoms with Crippen LogP contribution in [0.15, 0.2) is 39.6 Å². The fraction of sp³-hybridized carbons (Fsp3) is 0.409. The van der Waals surface area contributed by atoms with Crippen molar-refractivity contribution in [2.75, 3.05) is 32.6 Å². The third-order valence-corrected chi connectivity index (χ3v) is 7.54. The van der Waals surface area contributed by atoms with Gasteiger partial charge in [0.25, 0.3) is 5.56 Å². The van der Waals surface area contributed by atoms with Crippen molar-refractivity contribution in [3.05, 3.63) is 45.0 Å². The van der Waals surface area contributed by atoms with Crippen LogP contribution in [0.1, 0.15) is 19.3 Å². The molecule has 3 aromatic rings. The van der Waals surface area contributed by atoms with E-state index in [1.165, 1.54) is 29.5 Å². The number of methoxy groups -OCH3 is 1. The third-order valence-electron chi connectivity index (χ3n) is 5.38. The molecule has 0 spiro atoms. The Hall–Kier alpha value is -1.87. The fourth-order valence-electron chi connectivity index (χ4n) is 3.73. The van der Waals surface area contributed by atoms with Crippen LogP contribution in [0, 0.1) is 0 Å². The first-order valence-corrected chi connectivity index (χ1v) is 12.5. The van der Waals surface area contributed by atoms with Crippen molar-refractivity contribution in [2.45, 2.75) is 31.0 Å². The molecule has 1 aromatic carbocycles. The number of hydrogen-bond donors (Lipinski definition) is 0. The van der Waals surface area contributed by atoms with Gasteiger partial charge in [-0.25, -0.2) is 4.98 Å². The average Bonchev–Trinajstić information content (AvgIpc) is 3.22. The van der Waals surface area contributed by atoms with Crippen LogP contribution in [0.3, 0.4) is 0 Å². The molecule has 0 unspecified atom stereocenters. The molecule has 0 saturated carbocycles. The number of rotatable bonds is 7. The van der Waals surface area contributed by atoms with Crippen LogP contribution in [0.4, 0.5) is 0 Å². The van der Waals surface area contributed by atoms with E-state index in [1.54, 1.807) is 11.7 Å². The molecule has 0 aliphatic carbocycles. The maximum absolute atomic E-state index is 13.5. The number of carbonyl (C=O) groups is 1. The first-order chi connectivity index (χ1) is 15.1. The number of amides is 1. The molecule has 1 amide bonds. The highest BCUT2D eigenvalue weighted by molar-refractivity contribution is 7.99. The quantitative estimate of drug-likeness (QED) is 0.369. The minimum absolute atomic E-state index is 0.0975. The maximum Gasteiger partial charge on any atom is 0.263 e. The number of thiophene rings is 1. The normalized spacial score (nSPS) is 14.3. The summed E-state index contributed by atoms with van der Waals surface area (Å²) in [6.07, 6.45) is 3.29. The number of likely N-dealkylation sites (tertiary alicyclic amines) is 1. The molecule has 31 heavy (non-hydrogen) atoms. The highest BCUT2D eigenvalue weighted by Crippen LogP contribution is 2.35. The molecular formula is C22H24ClN3O3S2. The van der Waals surface area contributed by atoms with E-state index in [0.717, 1.165) is 37.1 Å². The van der Waals surface area contributed by atoms with E-state index in [9.17, 15) is 9.59 Å². The van der Waals surface area contributed by atoms with E-state index in [4.69, 9.17) is 21.3 Å². The summed E-state index contributed by atoms with van der Waals surface area (Å²) in [7, 11) is 1.60. The zero-order chi connectivity index (χ0) is 21.8. The second-order valence-corrected chi connectivity index (χ2v) is 9.59. The molecule has 9 heteroatoms. The Labute approximate surface area is 194 Å². The molecule has 4 rings (SSSR count). The van der Waals surface area contributed by atoms with Gasteiger partial charge in [0.15, 0.2) is 5.16 Å². The lowest BCUT2D eigenvalue weighted by atomic mass is 10.1. The number of benzene rings is 1. The van der Waals surface area contributed by atoms with Crippen LogP contribution in [-0.4, -0.2) is 52.9 Å². The van der Waals surface area contributed by atoms with Gasteiger partial charge < -0.3 is 9.64 Å². The van der Waals surface area contributed by atoms with Crippen LogP contribution >= 0.6 is 34.7 Å². The molecule has 6 nitrogen and oxygen atoms in total. The van der Waals surface area contributed by atoms with Crippen molar-refractivity contribution in [1.82, 2.24) is 14.5 Å². The van der Waals surface area contributed by atoms with E-state index in [-0.39, 0.29) is 17.2 Å². The topological polar surface area (TPSA) is 64.4 Å². The summed E-state index contributed by atoms with van der Waals surface area (Å²) in [6, 6.07) is 7.48. The molecule has 3 heterocycles. The summed E-state index contributed by atoms with van der Waals surface area (Å²) in [5.41, 5.74) is 1.47. The van der Waals surface area contributed by atoms with Gasteiger partial charge in [-0.3, -0.25) is 14.2 Å². The van der Waals surface area contributed by atoms with Crippen molar-refractivity contribution < 1.29 is 9.53 Å². The Balaban J connectivity index is 1.69. The average molecular weight is 478 g/mol. The number of ether oxygens (including phenoxy) is 1. The summed E-state index contributed by atoms with van der Waals surface area (Å²) in [5.74, 6) is 0.369. The zero-order valence-electron chi connectivity index (χ0n) is 17.3. The number of carbonyl (C=O) groups excluding carboxylic acids is 1. The Bertz CT molecular complexity index is 1140. The lowest BCUT2D eigenvalue weighted by Gasteiger charge is -2.26. The van der Waals surface area contributed by atoms with Gasteiger partial charge in [-0.2, -0.15) is 0 Å². The standard InChI is InChI=1S/C22H24ClN3O3S2/c1-29-12-11-26-21(28)19-16(15-7-3-4-8-17(15)23)13-30-20(19)24-22(26)31-14-18(27)25-9-5-2-6-10-25/h3-4,7-8,13H,2,5-6,9-12,14H2,1H3. The molecule has 0 atom stereocenters. The van der Waals surface area contributed by atoms with E-state index in [2.05, 4.69) is 0 Å². The number of thioether (sulfide) groups is 1. The largest absolute Gasteiger partial charge is 0.383 e. The molecule has 1 aliphatic heterocycles. The summed E-state index contributed by atoms with van der Waals surface area (Å²) >= 11 is 9.13. The van der Waals surface area contributed by atoms with Gasteiger partial charge in [-0.05, 0) is 25.3 Å². The van der Waals surface area contributed by atoms with Crippen molar-refractivity contribution in [3.63, 3.8) is 0 Å². The SMILES string of the molecule is COCCn1c(SCC(=O)N2CCCCC2)nc2scc(-c3ccccc3Cl)c2c1=O. The molecule has 1 aliphatic rings. The van der Waals surface area contributed by atoms with Crippen LogP contribution in [0.25, 0.3) is 21.3 Å². The Kier molecular flexibility index (Phi) is 7.32. The Morgan fingerprint density at radius 3 is 2.74 bits per heavy atom.